The van der Waals surface area contributed by atoms with Gasteiger partial charge in [0.1, 0.15) is 5.69 Å². The van der Waals surface area contributed by atoms with Gasteiger partial charge in [0.2, 0.25) is 5.91 Å². The van der Waals surface area contributed by atoms with Crippen LogP contribution < -0.4 is 5.32 Å². The van der Waals surface area contributed by atoms with E-state index in [0.29, 0.717) is 25.9 Å². The van der Waals surface area contributed by atoms with E-state index >= 15 is 0 Å². The van der Waals surface area contributed by atoms with Gasteiger partial charge in [-0.15, -0.1) is 0 Å². The van der Waals surface area contributed by atoms with Gasteiger partial charge in [-0.2, -0.15) is 0 Å². The molecule has 23 heavy (non-hydrogen) atoms. The van der Waals surface area contributed by atoms with Crippen molar-refractivity contribution in [3.05, 3.63) is 33.3 Å². The van der Waals surface area contributed by atoms with Crippen LogP contribution in [0.25, 0.3) is 0 Å². The summed E-state index contributed by atoms with van der Waals surface area (Å²) in [5.74, 6) is -1.57. The van der Waals surface area contributed by atoms with Crippen LogP contribution in [-0.4, -0.2) is 46.4 Å². The van der Waals surface area contributed by atoms with E-state index in [0.717, 1.165) is 0 Å². The van der Waals surface area contributed by atoms with Gasteiger partial charge in [-0.1, -0.05) is 11.6 Å². The fourth-order valence-corrected chi connectivity index (χ4v) is 2.66. The number of carboxylic acid groups (broad SMARTS) is 1. The lowest BCUT2D eigenvalue weighted by Gasteiger charge is -2.29. The number of amides is 1. The van der Waals surface area contributed by atoms with E-state index in [1.165, 1.54) is 18.2 Å². The van der Waals surface area contributed by atoms with Gasteiger partial charge in [-0.25, -0.2) is 0 Å². The lowest BCUT2D eigenvalue weighted by Crippen LogP contribution is -2.40. The Morgan fingerprint density at radius 2 is 2.04 bits per heavy atom. The summed E-state index contributed by atoms with van der Waals surface area (Å²) in [5, 5.41) is 22.6. The summed E-state index contributed by atoms with van der Waals surface area (Å²) < 4.78 is 0. The molecule has 0 radical (unpaired) electrons. The summed E-state index contributed by atoms with van der Waals surface area (Å²) >= 11 is 5.72. The van der Waals surface area contributed by atoms with Crippen molar-refractivity contribution in [1.82, 2.24) is 4.90 Å². The molecule has 0 aromatic heterocycles. The van der Waals surface area contributed by atoms with Crippen molar-refractivity contribution in [2.24, 2.45) is 5.92 Å². The Morgan fingerprint density at radius 3 is 2.61 bits per heavy atom. The second kappa shape index (κ2) is 7.38. The zero-order chi connectivity index (χ0) is 17.0. The number of hydrogen-bond acceptors (Lipinski definition) is 5. The largest absolute Gasteiger partial charge is 0.481 e. The average molecular weight is 342 g/mol. The number of nitro groups is 1. The van der Waals surface area contributed by atoms with Gasteiger partial charge in [0.15, 0.2) is 0 Å². The molecular formula is C14H16ClN3O5. The maximum Gasteiger partial charge on any atom is 0.306 e. The van der Waals surface area contributed by atoms with Gasteiger partial charge < -0.3 is 10.4 Å². The Labute approximate surface area is 137 Å². The fourth-order valence-electron chi connectivity index (χ4n) is 2.49. The highest BCUT2D eigenvalue weighted by atomic mass is 35.5. The molecule has 1 aromatic rings. The van der Waals surface area contributed by atoms with Crippen LogP contribution in [0.3, 0.4) is 0 Å². The Balaban J connectivity index is 1.93. The number of halogens is 1. The van der Waals surface area contributed by atoms with Crippen molar-refractivity contribution in [2.75, 3.05) is 25.0 Å². The normalized spacial score (nSPS) is 16.0. The smallest absolute Gasteiger partial charge is 0.306 e. The number of carboxylic acids is 1. The van der Waals surface area contributed by atoms with Crippen molar-refractivity contribution in [2.45, 2.75) is 12.8 Å². The minimum atomic E-state index is -0.814. The number of nitrogens with zero attached hydrogens (tertiary/aromatic N) is 2. The first-order chi connectivity index (χ1) is 10.9. The first kappa shape index (κ1) is 17.2. The van der Waals surface area contributed by atoms with Crippen molar-refractivity contribution < 1.29 is 19.6 Å². The standard InChI is InChI=1S/C14H16ClN3O5/c15-10-1-2-11(12(7-10)18(22)23)16-13(19)8-17-5-3-9(4-6-17)14(20)21/h1-2,7,9H,3-6,8H2,(H,16,19)(H,20,21). The first-order valence-electron chi connectivity index (χ1n) is 7.06. The van der Waals surface area contributed by atoms with E-state index < -0.39 is 10.9 Å². The monoisotopic (exact) mass is 341 g/mol. The molecule has 0 spiro atoms. The summed E-state index contributed by atoms with van der Waals surface area (Å²) in [7, 11) is 0. The molecule has 1 aliphatic rings. The maximum absolute atomic E-state index is 12.0. The van der Waals surface area contributed by atoms with E-state index in [1.807, 2.05) is 4.90 Å². The number of benzene rings is 1. The molecule has 9 heteroatoms. The lowest BCUT2D eigenvalue weighted by molar-refractivity contribution is -0.383. The molecule has 1 aliphatic heterocycles. The Kier molecular flexibility index (Phi) is 5.51. The van der Waals surface area contributed by atoms with Gasteiger partial charge in [0.05, 0.1) is 17.4 Å². The minimum absolute atomic E-state index is 0.0616. The molecule has 1 amide bonds. The SMILES string of the molecule is O=C(CN1CCC(C(=O)O)CC1)Nc1ccc(Cl)cc1[N+](=O)[O-]. The number of anilines is 1. The highest BCUT2D eigenvalue weighted by Crippen LogP contribution is 2.27. The third-order valence-electron chi connectivity index (χ3n) is 3.73. The van der Waals surface area contributed by atoms with E-state index in [-0.39, 0.29) is 34.8 Å². The number of piperidine rings is 1. The Morgan fingerprint density at radius 1 is 1.39 bits per heavy atom. The molecule has 0 unspecified atom stereocenters. The highest BCUT2D eigenvalue weighted by molar-refractivity contribution is 6.31. The molecule has 1 saturated heterocycles. The molecule has 2 rings (SSSR count). The number of hydrogen-bond donors (Lipinski definition) is 2. The second-order valence-electron chi connectivity index (χ2n) is 5.36. The number of rotatable bonds is 5. The zero-order valence-electron chi connectivity index (χ0n) is 12.2. The second-order valence-corrected chi connectivity index (χ2v) is 5.79. The zero-order valence-corrected chi connectivity index (χ0v) is 13.0. The van der Waals surface area contributed by atoms with Gasteiger partial charge in [-0.3, -0.25) is 24.6 Å². The molecular weight excluding hydrogens is 326 g/mol. The molecule has 0 saturated carbocycles. The van der Waals surface area contributed by atoms with Crippen LogP contribution in [0.1, 0.15) is 12.8 Å². The van der Waals surface area contributed by atoms with Gasteiger partial charge >= 0.3 is 5.97 Å². The summed E-state index contributed by atoms with van der Waals surface area (Å²) in [6.45, 7) is 1.08. The highest BCUT2D eigenvalue weighted by Gasteiger charge is 2.26. The van der Waals surface area contributed by atoms with Crippen LogP contribution in [0.15, 0.2) is 18.2 Å². The quantitative estimate of drug-likeness (QED) is 0.625. The van der Waals surface area contributed by atoms with Crippen LogP contribution in [-0.2, 0) is 9.59 Å². The maximum atomic E-state index is 12.0. The molecule has 0 aliphatic carbocycles. The molecule has 2 N–H and O–H groups in total. The number of aliphatic carboxylic acids is 1. The molecule has 1 heterocycles. The van der Waals surface area contributed by atoms with Gasteiger partial charge in [0.25, 0.3) is 5.69 Å². The van der Waals surface area contributed by atoms with Crippen molar-refractivity contribution in [1.29, 1.82) is 0 Å². The fraction of sp³-hybridized carbons (Fsp3) is 0.429. The Hall–Kier alpha value is -2.19. The topological polar surface area (TPSA) is 113 Å². The molecule has 124 valence electrons. The van der Waals surface area contributed by atoms with Crippen LogP contribution in [0, 0.1) is 16.0 Å². The van der Waals surface area contributed by atoms with Crippen LogP contribution in [0.4, 0.5) is 11.4 Å². The van der Waals surface area contributed by atoms with Crippen molar-refractivity contribution in [3.63, 3.8) is 0 Å². The number of nitrogens with one attached hydrogen (secondary N) is 1. The van der Waals surface area contributed by atoms with E-state index in [9.17, 15) is 19.7 Å². The third-order valence-corrected chi connectivity index (χ3v) is 3.97. The summed E-state index contributed by atoms with van der Waals surface area (Å²) in [4.78, 5) is 35.1. The predicted molar refractivity (Wildman–Crippen MR) is 83.5 cm³/mol. The Bertz CT molecular complexity index is 629. The molecule has 8 nitrogen and oxygen atoms in total. The van der Waals surface area contributed by atoms with E-state index in [1.54, 1.807) is 0 Å². The van der Waals surface area contributed by atoms with Crippen molar-refractivity contribution in [3.8, 4) is 0 Å². The average Bonchev–Trinajstić information content (AvgIpc) is 2.49. The summed E-state index contributed by atoms with van der Waals surface area (Å²) in [6, 6.07) is 4.02. The lowest BCUT2D eigenvalue weighted by atomic mass is 9.97. The van der Waals surface area contributed by atoms with Gasteiger partial charge in [0, 0.05) is 11.1 Å². The third kappa shape index (κ3) is 4.64. The number of likely N-dealkylation sites (tertiary alicyclic amines) is 1. The van der Waals surface area contributed by atoms with E-state index in [2.05, 4.69) is 5.32 Å². The minimum Gasteiger partial charge on any atom is -0.481 e. The summed E-state index contributed by atoms with van der Waals surface area (Å²) in [5.41, 5.74) is -0.180. The van der Waals surface area contributed by atoms with Crippen LogP contribution in [0.5, 0.6) is 0 Å². The molecule has 0 atom stereocenters. The molecule has 1 fully saturated rings. The number of carbonyl (C=O) groups is 2. The van der Waals surface area contributed by atoms with Crippen LogP contribution in [0.2, 0.25) is 5.02 Å². The first-order valence-corrected chi connectivity index (χ1v) is 7.43. The summed E-state index contributed by atoms with van der Waals surface area (Å²) in [6.07, 6.45) is 0.980. The number of nitro benzene ring substituents is 1. The van der Waals surface area contributed by atoms with Gasteiger partial charge in [-0.05, 0) is 38.1 Å². The van der Waals surface area contributed by atoms with Crippen LogP contribution >= 0.6 is 11.6 Å². The van der Waals surface area contributed by atoms with Crippen molar-refractivity contribution >= 4 is 34.9 Å². The molecule has 1 aromatic carbocycles. The molecule has 0 bridgehead atoms. The van der Waals surface area contributed by atoms with E-state index in [4.69, 9.17) is 16.7 Å². The number of carbonyl (C=O) groups excluding carboxylic acids is 1. The predicted octanol–water partition coefficient (Wildman–Crippen LogP) is 1.98.